The van der Waals surface area contributed by atoms with Crippen molar-refractivity contribution in [2.75, 3.05) is 0 Å². The van der Waals surface area contributed by atoms with Crippen molar-refractivity contribution in [3.05, 3.63) is 65.5 Å². The van der Waals surface area contributed by atoms with Gasteiger partial charge >= 0.3 is 0 Å². The molecule has 3 nitrogen and oxygen atoms in total. The van der Waals surface area contributed by atoms with Crippen molar-refractivity contribution < 1.29 is 9.59 Å². The average Bonchev–Trinajstić information content (AvgIpc) is 2.88. The Bertz CT molecular complexity index is 890. The largest absolute Gasteiger partial charge is 0.299 e. The minimum atomic E-state index is -0.493. The van der Waals surface area contributed by atoms with Gasteiger partial charge in [0.05, 0.1) is 17.5 Å². The topological polar surface area (TPSA) is 47.0 Å². The Labute approximate surface area is 213 Å². The van der Waals surface area contributed by atoms with Gasteiger partial charge in [0.2, 0.25) is 0 Å². The maximum atomic E-state index is 13.8. The van der Waals surface area contributed by atoms with Gasteiger partial charge < -0.3 is 0 Å². The number of hydrogen-bond donors (Lipinski definition) is 0. The predicted octanol–water partition coefficient (Wildman–Crippen LogP) is 8.25. The third kappa shape index (κ3) is 8.40. The molecule has 0 bridgehead atoms. The second kappa shape index (κ2) is 15.0. The summed E-state index contributed by atoms with van der Waals surface area (Å²) in [7, 11) is 0. The lowest BCUT2D eigenvalue weighted by atomic mass is 9.73. The van der Waals surface area contributed by atoms with Gasteiger partial charge in [-0.25, -0.2) is 0 Å². The first-order valence-corrected chi connectivity index (χ1v) is 14.2. The maximum absolute atomic E-state index is 13.8. The van der Waals surface area contributed by atoms with Crippen molar-refractivity contribution in [3.8, 4) is 0 Å². The van der Waals surface area contributed by atoms with Crippen molar-refractivity contribution in [1.29, 1.82) is 0 Å². The summed E-state index contributed by atoms with van der Waals surface area (Å²) in [6.45, 7) is 4.46. The van der Waals surface area contributed by atoms with Gasteiger partial charge in [-0.2, -0.15) is 0 Å². The zero-order valence-electron chi connectivity index (χ0n) is 22.0. The minimum Gasteiger partial charge on any atom is -0.299 e. The number of carbonyl (C=O) groups is 2. The Kier molecular flexibility index (Phi) is 11.7. The van der Waals surface area contributed by atoms with E-state index in [1.54, 1.807) is 0 Å². The molecule has 1 aliphatic rings. The molecule has 0 amide bonds. The molecule has 0 radical (unpaired) electrons. The Hall–Kier alpha value is -2.29. The molecule has 1 aliphatic carbocycles. The van der Waals surface area contributed by atoms with Crippen LogP contribution in [0.5, 0.6) is 0 Å². The summed E-state index contributed by atoms with van der Waals surface area (Å²) >= 11 is 0. The molecular weight excluding hydrogens is 430 g/mol. The van der Waals surface area contributed by atoms with Crippen LogP contribution < -0.4 is 0 Å². The molecule has 3 atom stereocenters. The predicted molar refractivity (Wildman–Crippen MR) is 145 cm³/mol. The van der Waals surface area contributed by atoms with E-state index >= 15 is 0 Å². The number of aryl methyl sites for hydroxylation is 1. The van der Waals surface area contributed by atoms with Crippen molar-refractivity contribution in [2.45, 2.75) is 110 Å². The van der Waals surface area contributed by atoms with Crippen LogP contribution in [0.2, 0.25) is 0 Å². The van der Waals surface area contributed by atoms with Crippen LogP contribution in [0.3, 0.4) is 0 Å². The molecule has 0 saturated heterocycles. The van der Waals surface area contributed by atoms with Crippen LogP contribution in [0.1, 0.15) is 120 Å². The fraction of sp³-hybridized carbons (Fsp3) is 0.594. The van der Waals surface area contributed by atoms with Crippen LogP contribution in [0, 0.1) is 11.8 Å². The number of carbonyl (C=O) groups excluding carboxylic acids is 2. The molecule has 0 spiro atoms. The van der Waals surface area contributed by atoms with Crippen LogP contribution in [-0.2, 0) is 16.0 Å². The normalized spacial score (nSPS) is 19.0. The van der Waals surface area contributed by atoms with Gasteiger partial charge in [0.1, 0.15) is 5.78 Å². The van der Waals surface area contributed by atoms with Gasteiger partial charge in [-0.3, -0.25) is 14.6 Å². The number of rotatable bonds is 15. The van der Waals surface area contributed by atoms with E-state index in [1.807, 2.05) is 42.6 Å². The van der Waals surface area contributed by atoms with Crippen LogP contribution in [-0.4, -0.2) is 16.6 Å². The quantitative estimate of drug-likeness (QED) is 0.192. The number of pyridine rings is 1. The van der Waals surface area contributed by atoms with Crippen molar-refractivity contribution in [3.63, 3.8) is 0 Å². The molecule has 2 aromatic rings. The maximum Gasteiger partial charge on any atom is 0.156 e. The van der Waals surface area contributed by atoms with E-state index in [9.17, 15) is 9.59 Å². The average molecular weight is 476 g/mol. The lowest BCUT2D eigenvalue weighted by molar-refractivity contribution is -0.135. The molecule has 190 valence electrons. The first-order chi connectivity index (χ1) is 17.1. The molecule has 3 heteroatoms. The van der Waals surface area contributed by atoms with E-state index in [2.05, 4.69) is 19.9 Å². The number of Topliss-reactive ketones (excluding diaryl/α,β-unsaturated/α-hetero) is 2. The summed E-state index contributed by atoms with van der Waals surface area (Å²) in [5.41, 5.74) is 2.93. The molecule has 1 heterocycles. The Morgan fingerprint density at radius 3 is 2.26 bits per heavy atom. The summed E-state index contributed by atoms with van der Waals surface area (Å²) in [6, 6.07) is 14.0. The highest BCUT2D eigenvalue weighted by Gasteiger charge is 2.38. The summed E-state index contributed by atoms with van der Waals surface area (Å²) < 4.78 is 0. The molecule has 1 aromatic heterocycles. The smallest absolute Gasteiger partial charge is 0.156 e. The number of unbranched alkanes of at least 4 members (excludes halogenated alkanes) is 7. The van der Waals surface area contributed by atoms with Crippen LogP contribution >= 0.6 is 0 Å². The highest BCUT2D eigenvalue weighted by Crippen LogP contribution is 2.35. The Balaban J connectivity index is 1.66. The highest BCUT2D eigenvalue weighted by molar-refractivity contribution is 6.06. The summed E-state index contributed by atoms with van der Waals surface area (Å²) in [6.07, 6.45) is 17.6. The van der Waals surface area contributed by atoms with Crippen molar-refractivity contribution >= 4 is 11.6 Å². The van der Waals surface area contributed by atoms with Gasteiger partial charge in [-0.15, -0.1) is 0 Å². The van der Waals surface area contributed by atoms with Crippen LogP contribution in [0.15, 0.2) is 48.7 Å². The fourth-order valence-corrected chi connectivity index (χ4v) is 5.51. The summed E-state index contributed by atoms with van der Waals surface area (Å²) in [5.74, 6) is -0.329. The van der Waals surface area contributed by atoms with E-state index in [4.69, 9.17) is 4.98 Å². The second-order valence-electron chi connectivity index (χ2n) is 10.5. The van der Waals surface area contributed by atoms with Gasteiger partial charge in [-0.1, -0.05) is 108 Å². The number of ketones is 2. The summed E-state index contributed by atoms with van der Waals surface area (Å²) in [5, 5.41) is 0. The number of aromatic nitrogens is 1. The second-order valence-corrected chi connectivity index (χ2v) is 10.5. The number of hydrogen-bond acceptors (Lipinski definition) is 3. The van der Waals surface area contributed by atoms with Gasteiger partial charge in [-0.05, 0) is 48.8 Å². The number of benzene rings is 1. The highest BCUT2D eigenvalue weighted by atomic mass is 16.2. The fourth-order valence-electron chi connectivity index (χ4n) is 5.51. The Morgan fingerprint density at radius 1 is 0.886 bits per heavy atom. The first-order valence-electron chi connectivity index (χ1n) is 14.2. The molecule has 3 unspecified atom stereocenters. The molecule has 3 rings (SSSR count). The van der Waals surface area contributed by atoms with E-state index < -0.39 is 11.8 Å². The van der Waals surface area contributed by atoms with Gasteiger partial charge in [0.25, 0.3) is 0 Å². The van der Waals surface area contributed by atoms with Gasteiger partial charge in [0.15, 0.2) is 5.78 Å². The molecular formula is C32H45NO2. The summed E-state index contributed by atoms with van der Waals surface area (Å²) in [4.78, 5) is 31.7. The molecule has 0 N–H and O–H groups in total. The molecule has 0 aliphatic heterocycles. The minimum absolute atomic E-state index is 0.0331. The van der Waals surface area contributed by atoms with Crippen LogP contribution in [0.25, 0.3) is 0 Å². The molecule has 1 aromatic carbocycles. The third-order valence-corrected chi connectivity index (χ3v) is 7.68. The van der Waals surface area contributed by atoms with Crippen LogP contribution in [0.4, 0.5) is 0 Å². The monoisotopic (exact) mass is 475 g/mol. The molecule has 1 fully saturated rings. The van der Waals surface area contributed by atoms with Crippen molar-refractivity contribution in [2.24, 2.45) is 11.8 Å². The molecule has 35 heavy (non-hydrogen) atoms. The lowest BCUT2D eigenvalue weighted by Crippen LogP contribution is -2.34. The Morgan fingerprint density at radius 2 is 1.60 bits per heavy atom. The third-order valence-electron chi connectivity index (χ3n) is 7.68. The number of nitrogens with zero attached hydrogens (tertiary/aromatic N) is 1. The lowest BCUT2D eigenvalue weighted by Gasteiger charge is -2.29. The SMILES string of the molecule is CCCCCCCC1CCC(C(=O)C(c2ccccc2)c2ccc(CCCCCC)cn2)C(=O)C1. The van der Waals surface area contributed by atoms with Gasteiger partial charge in [0, 0.05) is 12.6 Å². The standard InChI is InChI=1S/C32H45NO2/c1-3-5-7-9-12-15-25-19-21-28(30(34)23-25)32(35)31(27-17-13-10-14-18-27)29-22-20-26(24-33-29)16-11-8-6-4-2/h10,13-14,17-18,20,22,24-25,28,31H,3-9,11-12,15-16,19,21,23H2,1-2H3. The molecule has 1 saturated carbocycles. The van der Waals surface area contributed by atoms with E-state index in [-0.39, 0.29) is 11.6 Å². The zero-order chi connectivity index (χ0) is 24.9. The van der Waals surface area contributed by atoms with E-state index in [0.29, 0.717) is 18.8 Å². The van der Waals surface area contributed by atoms with E-state index in [1.165, 1.54) is 63.4 Å². The zero-order valence-corrected chi connectivity index (χ0v) is 22.0. The van der Waals surface area contributed by atoms with Crippen molar-refractivity contribution in [1.82, 2.24) is 4.98 Å². The first kappa shape index (κ1) is 27.3. The van der Waals surface area contributed by atoms with E-state index in [0.717, 1.165) is 30.5 Å².